The average molecular weight is 306 g/mol. The highest BCUT2D eigenvalue weighted by Gasteiger charge is 2.04. The van der Waals surface area contributed by atoms with Gasteiger partial charge in [0.1, 0.15) is 12.3 Å². The molecule has 2 rings (SSSR count). The van der Waals surface area contributed by atoms with E-state index >= 15 is 0 Å². The summed E-state index contributed by atoms with van der Waals surface area (Å²) in [5.74, 6) is 0.228. The predicted molar refractivity (Wildman–Crippen MR) is 79.0 cm³/mol. The van der Waals surface area contributed by atoms with Crippen LogP contribution in [-0.4, -0.2) is 24.7 Å². The maximum absolute atomic E-state index is 11.4. The minimum Gasteiger partial charge on any atom is -0.467 e. The fourth-order valence-corrected chi connectivity index (χ4v) is 1.96. The van der Waals surface area contributed by atoms with Crippen molar-refractivity contribution in [2.75, 3.05) is 6.54 Å². The highest BCUT2D eigenvalue weighted by Crippen LogP contribution is 2.03. The van der Waals surface area contributed by atoms with Crippen molar-refractivity contribution < 1.29 is 14.0 Å². The molecule has 0 saturated carbocycles. The van der Waals surface area contributed by atoms with Gasteiger partial charge in [0.2, 0.25) is 0 Å². The van der Waals surface area contributed by atoms with Gasteiger partial charge in [0.25, 0.3) is 5.91 Å². The maximum Gasteiger partial charge on any atom is 0.315 e. The molecule has 3 amide bonds. The van der Waals surface area contributed by atoms with Gasteiger partial charge in [0, 0.05) is 4.88 Å². The Balaban J connectivity index is 1.60. The van der Waals surface area contributed by atoms with Crippen molar-refractivity contribution in [1.29, 1.82) is 0 Å². The second-order valence-electron chi connectivity index (χ2n) is 3.92. The van der Waals surface area contributed by atoms with E-state index in [0.29, 0.717) is 5.76 Å². The van der Waals surface area contributed by atoms with E-state index < -0.39 is 11.9 Å². The van der Waals surface area contributed by atoms with Crippen LogP contribution in [0.25, 0.3) is 0 Å². The molecule has 0 spiro atoms. The smallest absolute Gasteiger partial charge is 0.315 e. The van der Waals surface area contributed by atoms with Crippen LogP contribution in [0.4, 0.5) is 4.79 Å². The number of hydrogen-bond donors (Lipinski definition) is 3. The van der Waals surface area contributed by atoms with Crippen LogP contribution in [0.5, 0.6) is 0 Å². The molecule has 2 heterocycles. The third kappa shape index (κ3) is 5.49. The first-order valence-electron chi connectivity index (χ1n) is 6.13. The summed E-state index contributed by atoms with van der Waals surface area (Å²) in [7, 11) is 0. The van der Waals surface area contributed by atoms with E-state index in [4.69, 9.17) is 4.42 Å². The summed E-state index contributed by atoms with van der Waals surface area (Å²) in [5.41, 5.74) is 2.32. The lowest BCUT2D eigenvalue weighted by molar-refractivity contribution is -0.120. The molecule has 0 saturated heterocycles. The lowest BCUT2D eigenvalue weighted by Gasteiger charge is -2.05. The van der Waals surface area contributed by atoms with Crippen LogP contribution < -0.4 is 16.1 Å². The van der Waals surface area contributed by atoms with E-state index in [2.05, 4.69) is 21.2 Å². The molecule has 3 N–H and O–H groups in total. The molecule has 0 atom stereocenters. The van der Waals surface area contributed by atoms with E-state index in [1.54, 1.807) is 18.3 Å². The van der Waals surface area contributed by atoms with Gasteiger partial charge in [0.15, 0.2) is 0 Å². The molecule has 2 aromatic heterocycles. The van der Waals surface area contributed by atoms with Crippen molar-refractivity contribution in [1.82, 2.24) is 16.1 Å². The zero-order valence-corrected chi connectivity index (χ0v) is 11.9. The van der Waals surface area contributed by atoms with E-state index in [-0.39, 0.29) is 13.1 Å². The van der Waals surface area contributed by atoms with E-state index in [0.717, 1.165) is 4.88 Å². The molecule has 0 radical (unpaired) electrons. The largest absolute Gasteiger partial charge is 0.467 e. The number of nitrogens with one attached hydrogen (secondary N) is 3. The number of carbonyl (C=O) groups excluding carboxylic acids is 2. The first-order chi connectivity index (χ1) is 10.2. The molecule has 21 heavy (non-hydrogen) atoms. The molecule has 0 unspecified atom stereocenters. The Hall–Kier alpha value is -2.61. The normalized spacial score (nSPS) is 10.5. The zero-order chi connectivity index (χ0) is 14.9. The zero-order valence-electron chi connectivity index (χ0n) is 11.0. The van der Waals surface area contributed by atoms with Gasteiger partial charge in [-0.25, -0.2) is 10.2 Å². The maximum atomic E-state index is 11.4. The van der Waals surface area contributed by atoms with Gasteiger partial charge < -0.3 is 15.1 Å². The Labute approximate surface area is 125 Å². The fraction of sp³-hybridized carbons (Fsp3) is 0.154. The van der Waals surface area contributed by atoms with Gasteiger partial charge in [-0.2, -0.15) is 5.10 Å². The van der Waals surface area contributed by atoms with Crippen molar-refractivity contribution in [3.8, 4) is 0 Å². The predicted octanol–water partition coefficient (Wildman–Crippen LogP) is 1.29. The van der Waals surface area contributed by atoms with Crippen molar-refractivity contribution in [3.63, 3.8) is 0 Å². The van der Waals surface area contributed by atoms with Gasteiger partial charge in [0.05, 0.1) is 19.0 Å². The standard InChI is InChI=1S/C13H14N4O3S/c18-12(17-16-8-11-4-2-6-21-11)9-15-13(19)14-7-10-3-1-5-20-10/h1-6,8H,7,9H2,(H,17,18)(H2,14,15,19)/b16-8+. The number of hydrazone groups is 1. The number of thiophene rings is 1. The van der Waals surface area contributed by atoms with Gasteiger partial charge in [-0.15, -0.1) is 11.3 Å². The van der Waals surface area contributed by atoms with Gasteiger partial charge in [-0.05, 0) is 23.6 Å². The number of hydrogen-bond acceptors (Lipinski definition) is 5. The third-order valence-corrected chi connectivity index (χ3v) is 3.14. The lowest BCUT2D eigenvalue weighted by atomic mass is 10.4. The van der Waals surface area contributed by atoms with E-state index in [9.17, 15) is 9.59 Å². The molecule has 0 aromatic carbocycles. The summed E-state index contributed by atoms with van der Waals surface area (Å²) in [6.45, 7) is 0.1000. The summed E-state index contributed by atoms with van der Waals surface area (Å²) in [5, 5.41) is 10.7. The molecule has 0 aliphatic carbocycles. The first kappa shape index (κ1) is 14.8. The van der Waals surface area contributed by atoms with Crippen molar-refractivity contribution in [3.05, 3.63) is 46.5 Å². The Morgan fingerprint density at radius 3 is 2.90 bits per heavy atom. The Morgan fingerprint density at radius 2 is 2.19 bits per heavy atom. The minimum atomic E-state index is -0.455. The van der Waals surface area contributed by atoms with E-state index in [1.165, 1.54) is 17.6 Å². The Kier molecular flexibility index (Phi) is 5.53. The van der Waals surface area contributed by atoms with Crippen molar-refractivity contribution in [2.24, 2.45) is 5.10 Å². The van der Waals surface area contributed by atoms with Gasteiger partial charge in [-0.3, -0.25) is 4.79 Å². The lowest BCUT2D eigenvalue weighted by Crippen LogP contribution is -2.40. The monoisotopic (exact) mass is 306 g/mol. The number of rotatable bonds is 6. The molecule has 2 aromatic rings. The van der Waals surface area contributed by atoms with Crippen LogP contribution in [0, 0.1) is 0 Å². The van der Waals surface area contributed by atoms with Crippen LogP contribution in [0.3, 0.4) is 0 Å². The second kappa shape index (κ2) is 7.85. The van der Waals surface area contributed by atoms with Crippen LogP contribution in [0.1, 0.15) is 10.6 Å². The minimum absolute atomic E-state index is 0.161. The topological polar surface area (TPSA) is 95.7 Å². The van der Waals surface area contributed by atoms with Gasteiger partial charge >= 0.3 is 6.03 Å². The number of urea groups is 1. The highest BCUT2D eigenvalue weighted by atomic mass is 32.1. The SMILES string of the molecule is O=C(CNC(=O)NCc1ccco1)N/N=C/c1cccs1. The number of nitrogens with zero attached hydrogens (tertiary/aromatic N) is 1. The molecule has 7 nitrogen and oxygen atoms in total. The van der Waals surface area contributed by atoms with Gasteiger partial charge in [-0.1, -0.05) is 6.07 Å². The van der Waals surface area contributed by atoms with Crippen molar-refractivity contribution >= 4 is 29.5 Å². The molecule has 0 aliphatic rings. The third-order valence-electron chi connectivity index (χ3n) is 2.34. The molecule has 0 aliphatic heterocycles. The Bertz CT molecular complexity index is 593. The Morgan fingerprint density at radius 1 is 1.29 bits per heavy atom. The fourth-order valence-electron chi connectivity index (χ4n) is 1.38. The highest BCUT2D eigenvalue weighted by molar-refractivity contribution is 7.11. The summed E-state index contributed by atoms with van der Waals surface area (Å²) >= 11 is 1.51. The summed E-state index contributed by atoms with van der Waals surface area (Å²) in [6, 6.07) is 6.78. The van der Waals surface area contributed by atoms with Crippen LogP contribution in [0.15, 0.2) is 45.4 Å². The summed E-state index contributed by atoms with van der Waals surface area (Å²) < 4.78 is 5.06. The quantitative estimate of drug-likeness (QED) is 0.554. The van der Waals surface area contributed by atoms with E-state index in [1.807, 2.05) is 17.5 Å². The molecule has 0 fully saturated rings. The molecule has 110 valence electrons. The number of carbonyl (C=O) groups is 2. The number of amides is 3. The van der Waals surface area contributed by atoms with Crippen LogP contribution >= 0.6 is 11.3 Å². The molecule has 8 heteroatoms. The summed E-state index contributed by atoms with van der Waals surface area (Å²) in [6.07, 6.45) is 3.06. The van der Waals surface area contributed by atoms with Crippen LogP contribution in [-0.2, 0) is 11.3 Å². The van der Waals surface area contributed by atoms with Crippen LogP contribution in [0.2, 0.25) is 0 Å². The summed E-state index contributed by atoms with van der Waals surface area (Å²) in [4.78, 5) is 23.8. The first-order valence-corrected chi connectivity index (χ1v) is 7.01. The average Bonchev–Trinajstić information content (AvgIpc) is 3.16. The second-order valence-corrected chi connectivity index (χ2v) is 4.90. The van der Waals surface area contributed by atoms with Crippen molar-refractivity contribution in [2.45, 2.75) is 6.54 Å². The molecule has 0 bridgehead atoms. The molecular weight excluding hydrogens is 292 g/mol. The number of furan rings is 1. The molecular formula is C13H14N4O3S.